The van der Waals surface area contributed by atoms with E-state index in [1.54, 1.807) is 4.40 Å². The van der Waals surface area contributed by atoms with E-state index in [0.29, 0.717) is 4.53 Å². The van der Waals surface area contributed by atoms with E-state index >= 15 is 0 Å². The molecule has 0 saturated carbocycles. The first-order valence-electron chi connectivity index (χ1n) is 7.29. The Morgan fingerprint density at radius 1 is 1.09 bits per heavy atom. The number of benzene rings is 2. The largest absolute Gasteiger partial charge is 0.361 e. The maximum Gasteiger partial charge on any atom is 0.274 e. The second-order valence-corrected chi connectivity index (χ2v) is 6.43. The van der Waals surface area contributed by atoms with Gasteiger partial charge in [0.15, 0.2) is 4.96 Å². The highest BCUT2D eigenvalue weighted by Crippen LogP contribution is 2.19. The number of nitrogens with one attached hydrogen (secondary N) is 1. The average molecular weight is 317 g/mol. The van der Waals surface area contributed by atoms with Gasteiger partial charge in [0.2, 0.25) is 0 Å². The molecule has 3 heterocycles. The Kier molecular flexibility index (Phi) is 2.49. The SMILES string of the molecule is O=c1/c(=C\c2c[nH]c3ccccc23)sc2nc3ccccc3n12. The van der Waals surface area contributed by atoms with Gasteiger partial charge in [-0.3, -0.25) is 4.79 Å². The first-order chi connectivity index (χ1) is 11.3. The molecule has 110 valence electrons. The Morgan fingerprint density at radius 3 is 2.87 bits per heavy atom. The summed E-state index contributed by atoms with van der Waals surface area (Å²) in [5.74, 6) is 0. The number of hydrogen-bond acceptors (Lipinski definition) is 3. The first kappa shape index (κ1) is 12.6. The van der Waals surface area contributed by atoms with Crippen LogP contribution in [-0.2, 0) is 0 Å². The third kappa shape index (κ3) is 1.77. The number of hydrogen-bond donors (Lipinski definition) is 1. The van der Waals surface area contributed by atoms with Gasteiger partial charge >= 0.3 is 0 Å². The van der Waals surface area contributed by atoms with Crippen LogP contribution in [0.25, 0.3) is 33.0 Å². The lowest BCUT2D eigenvalue weighted by molar-refractivity contribution is 1.19. The van der Waals surface area contributed by atoms with Crippen LogP contribution in [0.2, 0.25) is 0 Å². The van der Waals surface area contributed by atoms with Gasteiger partial charge < -0.3 is 4.98 Å². The molecule has 1 N–H and O–H groups in total. The standard InChI is InChI=1S/C18H11N3OS/c22-17-16(9-11-10-19-13-6-2-1-5-12(11)13)23-18-20-14-7-3-4-8-15(14)21(17)18/h1-10,19H/b16-9+. The molecule has 0 aliphatic carbocycles. The number of rotatable bonds is 1. The van der Waals surface area contributed by atoms with E-state index in [2.05, 4.69) is 16.0 Å². The van der Waals surface area contributed by atoms with Crippen molar-refractivity contribution in [2.75, 3.05) is 0 Å². The molecular weight excluding hydrogens is 306 g/mol. The molecule has 2 aromatic carbocycles. The highest BCUT2D eigenvalue weighted by molar-refractivity contribution is 7.15. The van der Waals surface area contributed by atoms with Gasteiger partial charge in [-0.05, 0) is 24.3 Å². The van der Waals surface area contributed by atoms with E-state index in [-0.39, 0.29) is 5.56 Å². The van der Waals surface area contributed by atoms with Crippen molar-refractivity contribution in [1.29, 1.82) is 0 Å². The highest BCUT2D eigenvalue weighted by Gasteiger charge is 2.10. The number of imidazole rings is 1. The molecule has 0 aliphatic rings. The van der Waals surface area contributed by atoms with Gasteiger partial charge in [-0.15, -0.1) is 0 Å². The van der Waals surface area contributed by atoms with Crippen LogP contribution >= 0.6 is 11.3 Å². The lowest BCUT2D eigenvalue weighted by Crippen LogP contribution is -2.22. The van der Waals surface area contributed by atoms with E-state index in [9.17, 15) is 4.79 Å². The van der Waals surface area contributed by atoms with Gasteiger partial charge in [-0.2, -0.15) is 0 Å². The molecular formula is C18H11N3OS. The summed E-state index contributed by atoms with van der Waals surface area (Å²) in [6.07, 6.45) is 3.87. The van der Waals surface area contributed by atoms with E-state index in [1.807, 2.05) is 54.7 Å². The summed E-state index contributed by atoms with van der Waals surface area (Å²) in [7, 11) is 0. The topological polar surface area (TPSA) is 50.2 Å². The zero-order chi connectivity index (χ0) is 15.4. The van der Waals surface area contributed by atoms with Crippen molar-refractivity contribution in [2.24, 2.45) is 0 Å². The van der Waals surface area contributed by atoms with Gasteiger partial charge in [-0.1, -0.05) is 41.7 Å². The van der Waals surface area contributed by atoms with E-state index in [4.69, 9.17) is 0 Å². The molecule has 0 unspecified atom stereocenters. The van der Waals surface area contributed by atoms with Crippen LogP contribution in [0.3, 0.4) is 0 Å². The molecule has 0 amide bonds. The number of fused-ring (bicyclic) bond motifs is 4. The van der Waals surface area contributed by atoms with Crippen LogP contribution < -0.4 is 10.1 Å². The molecule has 0 fully saturated rings. The van der Waals surface area contributed by atoms with E-state index in [1.165, 1.54) is 11.3 Å². The molecule has 0 bridgehead atoms. The smallest absolute Gasteiger partial charge is 0.274 e. The summed E-state index contributed by atoms with van der Waals surface area (Å²) < 4.78 is 2.39. The molecule has 0 saturated heterocycles. The van der Waals surface area contributed by atoms with E-state index in [0.717, 1.165) is 32.5 Å². The summed E-state index contributed by atoms with van der Waals surface area (Å²) in [6.45, 7) is 0. The predicted molar refractivity (Wildman–Crippen MR) is 93.9 cm³/mol. The predicted octanol–water partition coefficient (Wildman–Crippen LogP) is 2.94. The maximum atomic E-state index is 12.8. The maximum absolute atomic E-state index is 12.8. The Balaban J connectivity index is 1.83. The third-order valence-electron chi connectivity index (χ3n) is 4.05. The first-order valence-corrected chi connectivity index (χ1v) is 8.11. The summed E-state index contributed by atoms with van der Waals surface area (Å²) >= 11 is 1.43. The van der Waals surface area contributed by atoms with Gasteiger partial charge in [-0.25, -0.2) is 9.38 Å². The zero-order valence-corrected chi connectivity index (χ0v) is 12.8. The van der Waals surface area contributed by atoms with Crippen molar-refractivity contribution in [3.8, 4) is 0 Å². The number of H-pyrrole nitrogens is 1. The lowest BCUT2D eigenvalue weighted by Gasteiger charge is -1.89. The Bertz CT molecular complexity index is 1290. The monoisotopic (exact) mass is 317 g/mol. The Hall–Kier alpha value is -2.92. The van der Waals surface area contributed by atoms with Gasteiger partial charge in [0, 0.05) is 22.7 Å². The fourth-order valence-corrected chi connectivity index (χ4v) is 3.94. The van der Waals surface area contributed by atoms with Crippen molar-refractivity contribution in [3.63, 3.8) is 0 Å². The summed E-state index contributed by atoms with van der Waals surface area (Å²) in [6, 6.07) is 15.8. The van der Waals surface area contributed by atoms with Gasteiger partial charge in [0.05, 0.1) is 15.6 Å². The van der Waals surface area contributed by atoms with E-state index < -0.39 is 0 Å². The molecule has 0 aliphatic heterocycles. The Morgan fingerprint density at radius 2 is 1.91 bits per heavy atom. The molecule has 23 heavy (non-hydrogen) atoms. The number of para-hydroxylation sites is 3. The molecule has 0 atom stereocenters. The van der Waals surface area contributed by atoms with Crippen molar-refractivity contribution < 1.29 is 0 Å². The number of aromatic nitrogens is 3. The molecule has 3 aromatic heterocycles. The molecule has 5 aromatic rings. The van der Waals surface area contributed by atoms with Crippen LogP contribution in [0.5, 0.6) is 0 Å². The van der Waals surface area contributed by atoms with Gasteiger partial charge in [0.25, 0.3) is 5.56 Å². The fraction of sp³-hybridized carbons (Fsp3) is 0. The van der Waals surface area contributed by atoms with Crippen molar-refractivity contribution in [1.82, 2.24) is 14.4 Å². The summed E-state index contributed by atoms with van der Waals surface area (Å²) in [5, 5.41) is 1.11. The summed E-state index contributed by atoms with van der Waals surface area (Å²) in [4.78, 5) is 21.3. The minimum atomic E-state index is -0.0102. The quantitative estimate of drug-likeness (QED) is 0.517. The molecule has 0 radical (unpaired) electrons. The minimum Gasteiger partial charge on any atom is -0.361 e. The normalized spacial score (nSPS) is 12.8. The third-order valence-corrected chi connectivity index (χ3v) is 5.02. The van der Waals surface area contributed by atoms with Crippen LogP contribution in [-0.4, -0.2) is 14.4 Å². The van der Waals surface area contributed by atoms with Crippen LogP contribution in [0.4, 0.5) is 0 Å². The summed E-state index contributed by atoms with van der Waals surface area (Å²) in [5.41, 5.74) is 3.80. The molecule has 5 heteroatoms. The number of aromatic amines is 1. The lowest BCUT2D eigenvalue weighted by atomic mass is 10.2. The van der Waals surface area contributed by atoms with Gasteiger partial charge in [0.1, 0.15) is 0 Å². The second-order valence-electron chi connectivity index (χ2n) is 5.42. The number of nitrogens with zero attached hydrogens (tertiary/aromatic N) is 2. The van der Waals surface area contributed by atoms with Crippen molar-refractivity contribution >= 4 is 44.3 Å². The zero-order valence-electron chi connectivity index (χ0n) is 12.0. The van der Waals surface area contributed by atoms with Crippen LogP contribution in [0.1, 0.15) is 5.56 Å². The molecule has 4 nitrogen and oxygen atoms in total. The average Bonchev–Trinajstić information content (AvgIpc) is 3.22. The van der Waals surface area contributed by atoms with Crippen molar-refractivity contribution in [2.45, 2.75) is 0 Å². The Labute approximate surface area is 134 Å². The highest BCUT2D eigenvalue weighted by atomic mass is 32.1. The second kappa shape index (κ2) is 4.54. The van der Waals surface area contributed by atoms with Crippen molar-refractivity contribution in [3.05, 3.63) is 75.2 Å². The van der Waals surface area contributed by atoms with Crippen LogP contribution in [0, 0.1) is 0 Å². The molecule has 0 spiro atoms. The fourth-order valence-electron chi connectivity index (χ4n) is 2.97. The minimum absolute atomic E-state index is 0.0102. The molecule has 5 rings (SSSR count). The number of thiazole rings is 1. The van der Waals surface area contributed by atoms with Crippen LogP contribution in [0.15, 0.2) is 59.5 Å².